The van der Waals surface area contributed by atoms with Gasteiger partial charge in [0.1, 0.15) is 24.0 Å². The molecule has 0 saturated carbocycles. The SMILES string of the molecule is OCc1ccc(Oc2ccc(CF)c(F)c2)cc1. The Morgan fingerprint density at radius 3 is 2.22 bits per heavy atom. The number of benzene rings is 2. The summed E-state index contributed by atoms with van der Waals surface area (Å²) in [5.41, 5.74) is 0.777. The largest absolute Gasteiger partial charge is 0.457 e. The smallest absolute Gasteiger partial charge is 0.132 e. The normalized spacial score (nSPS) is 10.4. The lowest BCUT2D eigenvalue weighted by atomic mass is 10.2. The highest BCUT2D eigenvalue weighted by atomic mass is 19.1. The maximum atomic E-state index is 13.3. The standard InChI is InChI=1S/C14H12F2O2/c15-8-11-3-6-13(7-14(11)16)18-12-4-1-10(9-17)2-5-12/h1-7,17H,8-9H2. The zero-order chi connectivity index (χ0) is 13.0. The second-order valence-electron chi connectivity index (χ2n) is 3.79. The minimum Gasteiger partial charge on any atom is -0.457 e. The summed E-state index contributed by atoms with van der Waals surface area (Å²) in [6.45, 7) is -0.878. The van der Waals surface area contributed by atoms with Gasteiger partial charge >= 0.3 is 0 Å². The van der Waals surface area contributed by atoms with E-state index in [1.807, 2.05) is 0 Å². The average Bonchev–Trinajstić information content (AvgIpc) is 2.40. The number of alkyl halides is 1. The molecule has 0 bridgehead atoms. The van der Waals surface area contributed by atoms with Crippen LogP contribution in [-0.2, 0) is 13.3 Å². The third-order valence-corrected chi connectivity index (χ3v) is 2.51. The van der Waals surface area contributed by atoms with E-state index in [-0.39, 0.29) is 12.2 Å². The first-order valence-corrected chi connectivity index (χ1v) is 5.45. The van der Waals surface area contributed by atoms with Crippen molar-refractivity contribution in [2.45, 2.75) is 13.3 Å². The van der Waals surface area contributed by atoms with Crippen molar-refractivity contribution < 1.29 is 18.6 Å². The van der Waals surface area contributed by atoms with Gasteiger partial charge in [0.25, 0.3) is 0 Å². The molecule has 0 atom stereocenters. The summed E-state index contributed by atoms with van der Waals surface area (Å²) >= 11 is 0. The van der Waals surface area contributed by atoms with Crippen LogP contribution in [0.5, 0.6) is 11.5 Å². The zero-order valence-corrected chi connectivity index (χ0v) is 9.57. The van der Waals surface area contributed by atoms with Crippen molar-refractivity contribution in [2.75, 3.05) is 0 Å². The molecular weight excluding hydrogens is 238 g/mol. The van der Waals surface area contributed by atoms with Crippen molar-refractivity contribution in [3.05, 3.63) is 59.4 Å². The van der Waals surface area contributed by atoms with Gasteiger partial charge in [0.15, 0.2) is 0 Å². The third-order valence-electron chi connectivity index (χ3n) is 2.51. The molecule has 2 aromatic rings. The van der Waals surface area contributed by atoms with Crippen LogP contribution < -0.4 is 4.74 Å². The summed E-state index contributed by atoms with van der Waals surface area (Å²) in [7, 11) is 0. The van der Waals surface area contributed by atoms with Crippen molar-refractivity contribution in [3.8, 4) is 11.5 Å². The Bertz CT molecular complexity index is 524. The molecule has 0 heterocycles. The quantitative estimate of drug-likeness (QED) is 0.898. The fourth-order valence-corrected chi connectivity index (χ4v) is 1.50. The highest BCUT2D eigenvalue weighted by Crippen LogP contribution is 2.24. The highest BCUT2D eigenvalue weighted by Gasteiger charge is 2.04. The maximum Gasteiger partial charge on any atom is 0.132 e. The Labute approximate surface area is 103 Å². The summed E-state index contributed by atoms with van der Waals surface area (Å²) in [6, 6.07) is 10.8. The van der Waals surface area contributed by atoms with Gasteiger partial charge in [0.2, 0.25) is 0 Å². The van der Waals surface area contributed by atoms with Crippen LogP contribution in [0, 0.1) is 5.82 Å². The lowest BCUT2D eigenvalue weighted by Crippen LogP contribution is -1.90. The fraction of sp³-hybridized carbons (Fsp3) is 0.143. The Morgan fingerprint density at radius 1 is 1.00 bits per heavy atom. The molecule has 94 valence electrons. The first-order chi connectivity index (χ1) is 8.72. The monoisotopic (exact) mass is 250 g/mol. The Hall–Kier alpha value is -1.94. The number of aliphatic hydroxyl groups excluding tert-OH is 1. The summed E-state index contributed by atoms with van der Waals surface area (Å²) in [6.07, 6.45) is 0. The molecular formula is C14H12F2O2. The molecule has 4 heteroatoms. The van der Waals surface area contributed by atoms with Gasteiger partial charge in [-0.3, -0.25) is 0 Å². The summed E-state index contributed by atoms with van der Waals surface area (Å²) in [5.74, 6) is 0.211. The molecule has 0 aliphatic rings. The Morgan fingerprint density at radius 2 is 1.67 bits per heavy atom. The lowest BCUT2D eigenvalue weighted by Gasteiger charge is -2.07. The predicted octanol–water partition coefficient (Wildman–Crippen LogP) is 3.58. The van der Waals surface area contributed by atoms with Crippen LogP contribution in [0.4, 0.5) is 8.78 Å². The average molecular weight is 250 g/mol. The zero-order valence-electron chi connectivity index (χ0n) is 9.57. The van der Waals surface area contributed by atoms with E-state index in [1.165, 1.54) is 12.1 Å². The molecule has 0 radical (unpaired) electrons. The number of ether oxygens (including phenoxy) is 1. The van der Waals surface area contributed by atoms with E-state index in [1.54, 1.807) is 24.3 Å². The molecule has 0 spiro atoms. The maximum absolute atomic E-state index is 13.3. The summed E-state index contributed by atoms with van der Waals surface area (Å²) in [4.78, 5) is 0. The number of aliphatic hydroxyl groups is 1. The molecule has 0 aliphatic carbocycles. The van der Waals surface area contributed by atoms with Gasteiger partial charge in [0, 0.05) is 11.6 Å². The topological polar surface area (TPSA) is 29.5 Å². The highest BCUT2D eigenvalue weighted by molar-refractivity contribution is 5.35. The molecule has 2 rings (SSSR count). The molecule has 0 aliphatic heterocycles. The van der Waals surface area contributed by atoms with E-state index < -0.39 is 12.5 Å². The van der Waals surface area contributed by atoms with E-state index in [9.17, 15) is 8.78 Å². The van der Waals surface area contributed by atoms with E-state index >= 15 is 0 Å². The minimum absolute atomic E-state index is 0.0120. The fourth-order valence-electron chi connectivity index (χ4n) is 1.50. The van der Waals surface area contributed by atoms with Crippen LogP contribution >= 0.6 is 0 Å². The molecule has 0 saturated heterocycles. The number of hydrogen-bond acceptors (Lipinski definition) is 2. The van der Waals surface area contributed by atoms with Crippen molar-refractivity contribution in [1.82, 2.24) is 0 Å². The Balaban J connectivity index is 2.15. The molecule has 1 N–H and O–H groups in total. The number of rotatable bonds is 4. The minimum atomic E-state index is -0.836. The molecule has 0 amide bonds. The van der Waals surface area contributed by atoms with Gasteiger partial charge in [-0.25, -0.2) is 8.78 Å². The lowest BCUT2D eigenvalue weighted by molar-refractivity contribution is 0.281. The molecule has 2 aromatic carbocycles. The molecule has 2 nitrogen and oxygen atoms in total. The van der Waals surface area contributed by atoms with Gasteiger partial charge in [-0.2, -0.15) is 0 Å². The third kappa shape index (κ3) is 2.84. The first-order valence-electron chi connectivity index (χ1n) is 5.45. The van der Waals surface area contributed by atoms with Crippen LogP contribution in [0.25, 0.3) is 0 Å². The van der Waals surface area contributed by atoms with Gasteiger partial charge < -0.3 is 9.84 Å². The van der Waals surface area contributed by atoms with Crippen LogP contribution in [-0.4, -0.2) is 5.11 Å². The second-order valence-corrected chi connectivity index (χ2v) is 3.79. The van der Waals surface area contributed by atoms with Crippen LogP contribution in [0.3, 0.4) is 0 Å². The van der Waals surface area contributed by atoms with Crippen LogP contribution in [0.1, 0.15) is 11.1 Å². The number of halogens is 2. The Kier molecular flexibility index (Phi) is 3.89. The van der Waals surface area contributed by atoms with Crippen LogP contribution in [0.2, 0.25) is 0 Å². The van der Waals surface area contributed by atoms with Crippen molar-refractivity contribution in [1.29, 1.82) is 0 Å². The predicted molar refractivity (Wildman–Crippen MR) is 63.7 cm³/mol. The van der Waals surface area contributed by atoms with E-state index in [0.717, 1.165) is 11.6 Å². The molecule has 0 fully saturated rings. The second kappa shape index (κ2) is 5.60. The molecule has 0 aromatic heterocycles. The van der Waals surface area contributed by atoms with Gasteiger partial charge in [0.05, 0.1) is 6.61 Å². The first kappa shape index (κ1) is 12.5. The van der Waals surface area contributed by atoms with Crippen molar-refractivity contribution >= 4 is 0 Å². The van der Waals surface area contributed by atoms with E-state index in [4.69, 9.17) is 9.84 Å². The summed E-state index contributed by atoms with van der Waals surface area (Å²) in [5, 5.41) is 8.89. The van der Waals surface area contributed by atoms with Crippen molar-refractivity contribution in [3.63, 3.8) is 0 Å². The van der Waals surface area contributed by atoms with Gasteiger partial charge in [-0.05, 0) is 29.8 Å². The van der Waals surface area contributed by atoms with E-state index in [2.05, 4.69) is 0 Å². The van der Waals surface area contributed by atoms with Crippen LogP contribution in [0.15, 0.2) is 42.5 Å². The summed E-state index contributed by atoms with van der Waals surface area (Å²) < 4.78 is 31.1. The molecule has 0 unspecified atom stereocenters. The number of hydrogen-bond donors (Lipinski definition) is 1. The molecule has 18 heavy (non-hydrogen) atoms. The van der Waals surface area contributed by atoms with Crippen molar-refractivity contribution in [2.24, 2.45) is 0 Å². The van der Waals surface area contributed by atoms with Gasteiger partial charge in [-0.1, -0.05) is 12.1 Å². The van der Waals surface area contributed by atoms with E-state index in [0.29, 0.717) is 11.5 Å². The van der Waals surface area contributed by atoms with Gasteiger partial charge in [-0.15, -0.1) is 0 Å².